The van der Waals surface area contributed by atoms with Crippen molar-refractivity contribution in [3.63, 3.8) is 0 Å². The quantitative estimate of drug-likeness (QED) is 0.876. The Morgan fingerprint density at radius 2 is 2.10 bits per heavy atom. The number of hydrogen-bond acceptors (Lipinski definition) is 2. The minimum atomic E-state index is -0.277. The molecule has 0 aliphatic rings. The summed E-state index contributed by atoms with van der Waals surface area (Å²) in [6, 6.07) is 7.67. The second-order valence-corrected chi connectivity index (χ2v) is 5.70. The number of halogens is 2. The molecule has 0 spiro atoms. The summed E-state index contributed by atoms with van der Waals surface area (Å²) in [6.45, 7) is 4.97. The van der Waals surface area contributed by atoms with Gasteiger partial charge in [-0.05, 0) is 49.2 Å². The van der Waals surface area contributed by atoms with E-state index in [1.807, 2.05) is 25.1 Å². The van der Waals surface area contributed by atoms with Crippen LogP contribution in [0.15, 0.2) is 41.1 Å². The fraction of sp³-hybridized carbons (Fsp3) is 0.312. The van der Waals surface area contributed by atoms with Gasteiger partial charge in [0.1, 0.15) is 5.82 Å². The van der Waals surface area contributed by atoms with Gasteiger partial charge >= 0.3 is 0 Å². The molecule has 1 N–H and O–H groups in total. The molecular weight excluding hydrogens is 319 g/mol. The van der Waals surface area contributed by atoms with Crippen molar-refractivity contribution in [3.05, 3.63) is 63.6 Å². The largest absolute Gasteiger partial charge is 0.306 e. The Morgan fingerprint density at radius 3 is 2.80 bits per heavy atom. The molecule has 0 radical (unpaired) electrons. The minimum Gasteiger partial charge on any atom is -0.306 e. The molecule has 0 amide bonds. The summed E-state index contributed by atoms with van der Waals surface area (Å²) >= 11 is 3.49. The molecule has 2 nitrogen and oxygen atoms in total. The molecule has 0 aliphatic carbocycles. The second-order valence-electron chi connectivity index (χ2n) is 4.79. The van der Waals surface area contributed by atoms with Crippen molar-refractivity contribution in [2.45, 2.75) is 26.3 Å². The molecule has 0 aliphatic heterocycles. The van der Waals surface area contributed by atoms with E-state index in [2.05, 4.69) is 33.2 Å². The lowest BCUT2D eigenvalue weighted by molar-refractivity contribution is 0.542. The number of nitrogens with one attached hydrogen (secondary N) is 1. The van der Waals surface area contributed by atoms with Crippen LogP contribution < -0.4 is 5.32 Å². The number of nitrogens with zero attached hydrogens (tertiary/aromatic N) is 1. The molecule has 106 valence electrons. The van der Waals surface area contributed by atoms with E-state index >= 15 is 0 Å². The zero-order valence-corrected chi connectivity index (χ0v) is 13.2. The summed E-state index contributed by atoms with van der Waals surface area (Å²) in [5.74, 6) is -0.277. The van der Waals surface area contributed by atoms with Gasteiger partial charge in [-0.25, -0.2) is 4.39 Å². The van der Waals surface area contributed by atoms with Gasteiger partial charge in [0.25, 0.3) is 0 Å². The third-order valence-corrected chi connectivity index (χ3v) is 3.76. The van der Waals surface area contributed by atoms with Gasteiger partial charge in [-0.2, -0.15) is 0 Å². The molecule has 1 aromatic heterocycles. The fourth-order valence-corrected chi connectivity index (χ4v) is 2.60. The van der Waals surface area contributed by atoms with Crippen LogP contribution in [0.4, 0.5) is 4.39 Å². The number of benzene rings is 1. The van der Waals surface area contributed by atoms with E-state index in [0.29, 0.717) is 5.56 Å². The maximum Gasteiger partial charge on any atom is 0.146 e. The molecule has 2 aromatic rings. The van der Waals surface area contributed by atoms with Crippen LogP contribution in [0.2, 0.25) is 0 Å². The first-order valence-corrected chi connectivity index (χ1v) is 7.51. The standard InChI is InChI=1S/C16H18BrFN2/c1-3-7-20-16(13-6-8-19-10-15(13)18)14-9-12(17)5-4-11(14)2/h4-6,8-10,16,20H,3,7H2,1-2H3. The van der Waals surface area contributed by atoms with Crippen molar-refractivity contribution in [1.29, 1.82) is 0 Å². The van der Waals surface area contributed by atoms with Crippen molar-refractivity contribution in [2.75, 3.05) is 6.54 Å². The maximum absolute atomic E-state index is 14.1. The summed E-state index contributed by atoms with van der Waals surface area (Å²) in [4.78, 5) is 3.83. The summed E-state index contributed by atoms with van der Waals surface area (Å²) in [6.07, 6.45) is 3.89. The molecule has 1 aromatic carbocycles. The molecule has 0 fully saturated rings. The highest BCUT2D eigenvalue weighted by Crippen LogP contribution is 2.28. The lowest BCUT2D eigenvalue weighted by Gasteiger charge is -2.22. The topological polar surface area (TPSA) is 24.9 Å². The predicted molar refractivity (Wildman–Crippen MR) is 83.2 cm³/mol. The first kappa shape index (κ1) is 15.1. The summed E-state index contributed by atoms with van der Waals surface area (Å²) in [7, 11) is 0. The number of hydrogen-bond donors (Lipinski definition) is 1. The Kier molecular flexibility index (Phi) is 5.26. The van der Waals surface area contributed by atoms with E-state index in [9.17, 15) is 4.39 Å². The lowest BCUT2D eigenvalue weighted by Crippen LogP contribution is -2.25. The van der Waals surface area contributed by atoms with E-state index in [4.69, 9.17) is 0 Å². The van der Waals surface area contributed by atoms with Crippen LogP contribution in [-0.2, 0) is 0 Å². The number of aromatic nitrogens is 1. The molecule has 1 heterocycles. The van der Waals surface area contributed by atoms with Crippen LogP contribution in [0.3, 0.4) is 0 Å². The van der Waals surface area contributed by atoms with E-state index in [0.717, 1.165) is 28.6 Å². The van der Waals surface area contributed by atoms with Crippen molar-refractivity contribution in [3.8, 4) is 0 Å². The highest BCUT2D eigenvalue weighted by atomic mass is 79.9. The van der Waals surface area contributed by atoms with Crippen molar-refractivity contribution < 1.29 is 4.39 Å². The Balaban J connectivity index is 2.47. The van der Waals surface area contributed by atoms with Gasteiger partial charge in [0, 0.05) is 16.2 Å². The average molecular weight is 337 g/mol. The van der Waals surface area contributed by atoms with Crippen LogP contribution in [0.1, 0.15) is 36.1 Å². The van der Waals surface area contributed by atoms with Gasteiger partial charge in [-0.1, -0.05) is 28.9 Å². The van der Waals surface area contributed by atoms with E-state index in [1.165, 1.54) is 6.20 Å². The normalized spacial score (nSPS) is 12.4. The molecule has 4 heteroatoms. The zero-order valence-electron chi connectivity index (χ0n) is 11.7. The molecule has 0 bridgehead atoms. The van der Waals surface area contributed by atoms with Crippen LogP contribution in [0, 0.1) is 12.7 Å². The molecule has 0 saturated carbocycles. The van der Waals surface area contributed by atoms with Crippen molar-refractivity contribution >= 4 is 15.9 Å². The first-order chi connectivity index (χ1) is 9.63. The smallest absolute Gasteiger partial charge is 0.146 e. The molecule has 1 atom stereocenters. The molecular formula is C16H18BrFN2. The Labute approximate surface area is 127 Å². The Morgan fingerprint density at radius 1 is 1.30 bits per heavy atom. The summed E-state index contributed by atoms with van der Waals surface area (Å²) in [5, 5.41) is 3.42. The van der Waals surface area contributed by atoms with E-state index in [-0.39, 0.29) is 11.9 Å². The fourth-order valence-electron chi connectivity index (χ4n) is 2.22. The number of pyridine rings is 1. The van der Waals surface area contributed by atoms with Crippen molar-refractivity contribution in [2.24, 2.45) is 0 Å². The minimum absolute atomic E-state index is 0.157. The van der Waals surface area contributed by atoms with Gasteiger partial charge in [0.2, 0.25) is 0 Å². The predicted octanol–water partition coefficient (Wildman–Crippen LogP) is 4.38. The Bertz CT molecular complexity index is 586. The van der Waals surface area contributed by atoms with Gasteiger partial charge in [0.15, 0.2) is 0 Å². The van der Waals surface area contributed by atoms with Gasteiger partial charge < -0.3 is 5.32 Å². The van der Waals surface area contributed by atoms with Gasteiger partial charge in [-0.3, -0.25) is 4.98 Å². The Hall–Kier alpha value is -1.26. The van der Waals surface area contributed by atoms with Gasteiger partial charge in [0.05, 0.1) is 12.2 Å². The lowest BCUT2D eigenvalue weighted by atomic mass is 9.95. The second kappa shape index (κ2) is 6.95. The number of aryl methyl sites for hydroxylation is 1. The van der Waals surface area contributed by atoms with Crippen LogP contribution in [0.25, 0.3) is 0 Å². The maximum atomic E-state index is 14.1. The summed E-state index contributed by atoms with van der Waals surface area (Å²) < 4.78 is 15.1. The monoisotopic (exact) mass is 336 g/mol. The molecule has 20 heavy (non-hydrogen) atoms. The summed E-state index contributed by atoms with van der Waals surface area (Å²) in [5.41, 5.74) is 2.85. The third-order valence-electron chi connectivity index (χ3n) is 3.27. The highest BCUT2D eigenvalue weighted by Gasteiger charge is 2.19. The number of rotatable bonds is 5. The van der Waals surface area contributed by atoms with Gasteiger partial charge in [-0.15, -0.1) is 0 Å². The first-order valence-electron chi connectivity index (χ1n) is 6.72. The van der Waals surface area contributed by atoms with Crippen LogP contribution in [-0.4, -0.2) is 11.5 Å². The van der Waals surface area contributed by atoms with Crippen LogP contribution in [0.5, 0.6) is 0 Å². The van der Waals surface area contributed by atoms with E-state index < -0.39 is 0 Å². The van der Waals surface area contributed by atoms with Crippen LogP contribution >= 0.6 is 15.9 Å². The highest BCUT2D eigenvalue weighted by molar-refractivity contribution is 9.10. The average Bonchev–Trinajstić information content (AvgIpc) is 2.44. The molecule has 1 unspecified atom stereocenters. The molecule has 2 rings (SSSR count). The van der Waals surface area contributed by atoms with E-state index in [1.54, 1.807) is 12.3 Å². The van der Waals surface area contributed by atoms with Crippen molar-refractivity contribution in [1.82, 2.24) is 10.3 Å². The SMILES string of the molecule is CCCNC(c1cc(Br)ccc1C)c1ccncc1F. The third kappa shape index (κ3) is 3.44. The zero-order chi connectivity index (χ0) is 14.5. The molecule has 0 saturated heterocycles.